The number of rotatable bonds is 0. The van der Waals surface area contributed by atoms with Crippen LogP contribution in [0.4, 0.5) is 17.6 Å². The van der Waals surface area contributed by atoms with Crippen LogP contribution >= 0.6 is 0 Å². The maximum absolute atomic E-state index is 12.4. The smallest absolute Gasteiger partial charge is 0.194 e. The second-order valence-corrected chi connectivity index (χ2v) is 2.09. The highest BCUT2D eigenvalue weighted by atomic mass is 19.2. The Bertz CT molecular complexity index is 267. The van der Waals surface area contributed by atoms with E-state index in [4.69, 9.17) is 0 Å². The molecule has 1 aromatic rings. The van der Waals surface area contributed by atoms with Crippen molar-refractivity contribution < 1.29 is 17.6 Å². The van der Waals surface area contributed by atoms with Crippen molar-refractivity contribution in [3.8, 4) is 0 Å². The summed E-state index contributed by atoms with van der Waals surface area (Å²) in [6.07, 6.45) is 0. The molecule has 1 rings (SSSR count). The van der Waals surface area contributed by atoms with Crippen LogP contribution in [0.25, 0.3) is 0 Å². The average Bonchev–Trinajstić information content (AvgIpc) is 1.97. The summed E-state index contributed by atoms with van der Waals surface area (Å²) in [5, 5.41) is 0. The second-order valence-electron chi connectivity index (χ2n) is 2.09. The van der Waals surface area contributed by atoms with Crippen LogP contribution in [0.3, 0.4) is 0 Å². The first-order valence-corrected chi connectivity index (χ1v) is 2.83. The molecule has 11 heavy (non-hydrogen) atoms. The van der Waals surface area contributed by atoms with Gasteiger partial charge in [0.25, 0.3) is 0 Å². The predicted molar refractivity (Wildman–Crippen MR) is 31.0 cm³/mol. The maximum atomic E-state index is 12.4. The minimum absolute atomic E-state index is 0.313. The predicted octanol–water partition coefficient (Wildman–Crippen LogP) is 2.55. The SMILES string of the molecule is Cc1c(F)cc(F)c(F)c1F. The zero-order valence-electron chi connectivity index (χ0n) is 5.59. The van der Waals surface area contributed by atoms with Crippen molar-refractivity contribution in [1.82, 2.24) is 0 Å². The second kappa shape index (κ2) is 2.53. The Kier molecular flexibility index (Phi) is 1.85. The molecule has 0 radical (unpaired) electrons. The Labute approximate surface area is 60.5 Å². The van der Waals surface area contributed by atoms with E-state index >= 15 is 0 Å². The zero-order valence-corrected chi connectivity index (χ0v) is 5.59. The lowest BCUT2D eigenvalue weighted by Crippen LogP contribution is -1.97. The topological polar surface area (TPSA) is 0 Å². The third kappa shape index (κ3) is 1.20. The van der Waals surface area contributed by atoms with Gasteiger partial charge in [0, 0.05) is 11.6 Å². The van der Waals surface area contributed by atoms with Gasteiger partial charge in [0.05, 0.1) is 0 Å². The van der Waals surface area contributed by atoms with Crippen molar-refractivity contribution in [3.05, 3.63) is 34.9 Å². The van der Waals surface area contributed by atoms with Gasteiger partial charge in [-0.1, -0.05) is 0 Å². The zero-order chi connectivity index (χ0) is 8.59. The first-order valence-electron chi connectivity index (χ1n) is 2.83. The Morgan fingerprint density at radius 3 is 2.00 bits per heavy atom. The van der Waals surface area contributed by atoms with Crippen molar-refractivity contribution in [2.45, 2.75) is 6.92 Å². The summed E-state index contributed by atoms with van der Waals surface area (Å²) >= 11 is 0. The molecule has 0 heterocycles. The van der Waals surface area contributed by atoms with Crippen molar-refractivity contribution >= 4 is 0 Å². The number of hydrogen-bond donors (Lipinski definition) is 0. The van der Waals surface area contributed by atoms with Crippen LogP contribution in [0, 0.1) is 30.2 Å². The van der Waals surface area contributed by atoms with Crippen LogP contribution in [-0.2, 0) is 0 Å². The fourth-order valence-corrected chi connectivity index (χ4v) is 0.657. The van der Waals surface area contributed by atoms with E-state index < -0.39 is 28.8 Å². The molecule has 0 amide bonds. The Morgan fingerprint density at radius 2 is 1.45 bits per heavy atom. The van der Waals surface area contributed by atoms with Gasteiger partial charge in [0.15, 0.2) is 17.5 Å². The molecule has 0 saturated heterocycles. The standard InChI is InChI=1S/C7H4F4/c1-3-4(8)2-5(9)7(11)6(3)10/h2H,1H3. The number of benzene rings is 1. The summed E-state index contributed by atoms with van der Waals surface area (Å²) in [4.78, 5) is 0. The van der Waals surface area contributed by atoms with Gasteiger partial charge in [-0.25, -0.2) is 17.6 Å². The largest absolute Gasteiger partial charge is 0.206 e. The highest BCUT2D eigenvalue weighted by Gasteiger charge is 2.14. The maximum Gasteiger partial charge on any atom is 0.194 e. The number of hydrogen-bond acceptors (Lipinski definition) is 0. The van der Waals surface area contributed by atoms with E-state index in [2.05, 4.69) is 0 Å². The molecule has 0 bridgehead atoms. The Morgan fingerprint density at radius 1 is 0.909 bits per heavy atom. The van der Waals surface area contributed by atoms with Crippen molar-refractivity contribution in [1.29, 1.82) is 0 Å². The average molecular weight is 164 g/mol. The van der Waals surface area contributed by atoms with Crippen LogP contribution in [0.15, 0.2) is 6.07 Å². The van der Waals surface area contributed by atoms with Crippen LogP contribution in [0.1, 0.15) is 5.56 Å². The molecule has 4 heteroatoms. The summed E-state index contributed by atoms with van der Waals surface area (Å²) in [5.41, 5.74) is -0.510. The summed E-state index contributed by atoms with van der Waals surface area (Å²) in [6.45, 7) is 1.03. The first-order chi connectivity index (χ1) is 5.04. The summed E-state index contributed by atoms with van der Waals surface area (Å²) < 4.78 is 49.2. The molecule has 0 nitrogen and oxygen atoms in total. The van der Waals surface area contributed by atoms with Gasteiger partial charge >= 0.3 is 0 Å². The van der Waals surface area contributed by atoms with Gasteiger partial charge < -0.3 is 0 Å². The summed E-state index contributed by atoms with van der Waals surface area (Å²) in [7, 11) is 0. The third-order valence-electron chi connectivity index (χ3n) is 1.34. The minimum Gasteiger partial charge on any atom is -0.206 e. The van der Waals surface area contributed by atoms with E-state index in [0.717, 1.165) is 6.92 Å². The highest BCUT2D eigenvalue weighted by molar-refractivity contribution is 5.20. The van der Waals surface area contributed by atoms with Gasteiger partial charge in [-0.2, -0.15) is 0 Å². The molecular weight excluding hydrogens is 160 g/mol. The Hall–Kier alpha value is -1.06. The lowest BCUT2D eigenvalue weighted by Gasteiger charge is -1.99. The molecule has 0 aromatic heterocycles. The molecule has 0 spiro atoms. The molecule has 0 aliphatic carbocycles. The van der Waals surface area contributed by atoms with Crippen molar-refractivity contribution in [3.63, 3.8) is 0 Å². The van der Waals surface area contributed by atoms with Gasteiger partial charge in [-0.3, -0.25) is 0 Å². The molecule has 0 saturated carbocycles. The number of halogens is 4. The summed E-state index contributed by atoms with van der Waals surface area (Å²) in [5.74, 6) is -5.70. The van der Waals surface area contributed by atoms with Gasteiger partial charge in [0.1, 0.15) is 5.82 Å². The monoisotopic (exact) mass is 164 g/mol. The quantitative estimate of drug-likeness (QED) is 0.314. The molecule has 0 aliphatic heterocycles. The van der Waals surface area contributed by atoms with Gasteiger partial charge in [-0.15, -0.1) is 0 Å². The fraction of sp³-hybridized carbons (Fsp3) is 0.143. The van der Waals surface area contributed by atoms with E-state index in [0.29, 0.717) is 6.07 Å². The molecule has 0 fully saturated rings. The molecule has 0 atom stereocenters. The van der Waals surface area contributed by atoms with Crippen LogP contribution in [-0.4, -0.2) is 0 Å². The highest BCUT2D eigenvalue weighted by Crippen LogP contribution is 2.17. The molecular formula is C7H4F4. The van der Waals surface area contributed by atoms with Gasteiger partial charge in [-0.05, 0) is 6.92 Å². The normalized spacial score (nSPS) is 10.3. The molecule has 60 valence electrons. The van der Waals surface area contributed by atoms with E-state index in [9.17, 15) is 17.6 Å². The van der Waals surface area contributed by atoms with E-state index in [1.165, 1.54) is 0 Å². The Balaban J connectivity index is 3.46. The minimum atomic E-state index is -1.64. The molecule has 0 aliphatic rings. The molecule has 0 N–H and O–H groups in total. The summed E-state index contributed by atoms with van der Waals surface area (Å²) in [6, 6.07) is 0.313. The van der Waals surface area contributed by atoms with Gasteiger partial charge in [0.2, 0.25) is 0 Å². The van der Waals surface area contributed by atoms with Crippen molar-refractivity contribution in [2.75, 3.05) is 0 Å². The lowest BCUT2D eigenvalue weighted by atomic mass is 10.2. The molecule has 0 unspecified atom stereocenters. The van der Waals surface area contributed by atoms with Crippen LogP contribution in [0.2, 0.25) is 0 Å². The van der Waals surface area contributed by atoms with E-state index in [-0.39, 0.29) is 0 Å². The van der Waals surface area contributed by atoms with Crippen LogP contribution < -0.4 is 0 Å². The lowest BCUT2D eigenvalue weighted by molar-refractivity contribution is 0.428. The third-order valence-corrected chi connectivity index (χ3v) is 1.34. The fourth-order valence-electron chi connectivity index (χ4n) is 0.657. The van der Waals surface area contributed by atoms with E-state index in [1.54, 1.807) is 0 Å². The van der Waals surface area contributed by atoms with E-state index in [1.807, 2.05) is 0 Å². The molecule has 1 aromatic carbocycles. The van der Waals surface area contributed by atoms with Crippen LogP contribution in [0.5, 0.6) is 0 Å². The first kappa shape index (κ1) is 8.04. The van der Waals surface area contributed by atoms with Crippen molar-refractivity contribution in [2.24, 2.45) is 0 Å².